The first-order valence-corrected chi connectivity index (χ1v) is 10.2. The molecule has 2 aliphatic rings. The molecule has 1 atom stereocenters. The number of benzene rings is 1. The largest absolute Gasteiger partial charge is 0.462 e. The zero-order chi connectivity index (χ0) is 23.5. The Morgan fingerprint density at radius 3 is 2.72 bits per heavy atom. The second-order valence-electron chi connectivity index (χ2n) is 7.59. The van der Waals surface area contributed by atoms with Crippen LogP contribution in [0.5, 0.6) is 0 Å². The maximum atomic E-state index is 13.6. The van der Waals surface area contributed by atoms with Crippen molar-refractivity contribution in [1.82, 2.24) is 15.5 Å². The van der Waals surface area contributed by atoms with Gasteiger partial charge in [-0.3, -0.25) is 24.5 Å². The van der Waals surface area contributed by atoms with Gasteiger partial charge >= 0.3 is 11.9 Å². The van der Waals surface area contributed by atoms with Crippen LogP contribution in [-0.4, -0.2) is 53.1 Å². The van der Waals surface area contributed by atoms with Gasteiger partial charge in [0.05, 0.1) is 6.61 Å². The van der Waals surface area contributed by atoms with Crippen molar-refractivity contribution in [3.8, 4) is 0 Å². The van der Waals surface area contributed by atoms with Gasteiger partial charge in [-0.05, 0) is 30.5 Å². The highest BCUT2D eigenvalue weighted by Crippen LogP contribution is 2.28. The molecular formula is C21H23F2N3O6. The van der Waals surface area contributed by atoms with Crippen LogP contribution in [0.4, 0.5) is 8.78 Å². The minimum absolute atomic E-state index is 0.0453. The first-order chi connectivity index (χ1) is 15.1. The molecule has 1 unspecified atom stereocenters. The number of ether oxygens (including phenoxy) is 1. The smallest absolute Gasteiger partial charge is 0.376 e. The number of hydrogen-bond acceptors (Lipinski definition) is 6. The van der Waals surface area contributed by atoms with E-state index in [9.17, 15) is 32.8 Å². The molecule has 11 heteroatoms. The summed E-state index contributed by atoms with van der Waals surface area (Å²) in [5, 5.41) is 4.74. The number of amides is 4. The molecule has 1 aromatic carbocycles. The number of hydrogen-bond donors (Lipinski definition) is 2. The van der Waals surface area contributed by atoms with Crippen molar-refractivity contribution in [2.24, 2.45) is 0 Å². The molecule has 1 aromatic rings. The predicted molar refractivity (Wildman–Crippen MR) is 105 cm³/mol. The molecule has 172 valence electrons. The van der Waals surface area contributed by atoms with Crippen molar-refractivity contribution >= 4 is 29.6 Å². The van der Waals surface area contributed by atoms with E-state index in [1.807, 2.05) is 0 Å². The Hall–Kier alpha value is -3.37. The Labute approximate surface area is 182 Å². The van der Waals surface area contributed by atoms with E-state index in [2.05, 4.69) is 15.4 Å². The van der Waals surface area contributed by atoms with Gasteiger partial charge in [0.25, 0.3) is 5.91 Å². The van der Waals surface area contributed by atoms with Gasteiger partial charge < -0.3 is 15.0 Å². The third-order valence-corrected chi connectivity index (χ3v) is 5.32. The van der Waals surface area contributed by atoms with E-state index in [4.69, 9.17) is 0 Å². The Morgan fingerprint density at radius 2 is 2.03 bits per heavy atom. The fourth-order valence-corrected chi connectivity index (χ4v) is 3.64. The number of nitrogens with one attached hydrogen (secondary N) is 2. The number of alkyl halides is 2. The fourth-order valence-electron chi connectivity index (χ4n) is 3.64. The van der Waals surface area contributed by atoms with Gasteiger partial charge in [-0.25, -0.2) is 4.79 Å². The van der Waals surface area contributed by atoms with Crippen molar-refractivity contribution in [2.75, 3.05) is 6.61 Å². The number of halogens is 2. The summed E-state index contributed by atoms with van der Waals surface area (Å²) in [5.74, 6) is -7.23. The fraction of sp³-hybridized carbons (Fsp3) is 0.476. The summed E-state index contributed by atoms with van der Waals surface area (Å²) in [6, 6.07) is 4.18. The number of piperidine rings is 1. The monoisotopic (exact) mass is 451 g/mol. The molecule has 0 spiro atoms. The quantitative estimate of drug-likeness (QED) is 0.450. The molecule has 0 bridgehead atoms. The summed E-state index contributed by atoms with van der Waals surface area (Å²) >= 11 is 0. The van der Waals surface area contributed by atoms with E-state index in [0.717, 1.165) is 0 Å². The van der Waals surface area contributed by atoms with Crippen molar-refractivity contribution in [2.45, 2.75) is 57.7 Å². The number of carbonyl (C=O) groups is 5. The zero-order valence-corrected chi connectivity index (χ0v) is 17.4. The van der Waals surface area contributed by atoms with Crippen LogP contribution in [0.2, 0.25) is 0 Å². The first kappa shape index (κ1) is 23.3. The predicted octanol–water partition coefficient (Wildman–Crippen LogP) is 1.04. The third kappa shape index (κ3) is 5.09. The molecule has 3 rings (SSSR count). The molecule has 0 radical (unpaired) electrons. The van der Waals surface area contributed by atoms with Crippen LogP contribution in [0.25, 0.3) is 0 Å². The minimum Gasteiger partial charge on any atom is -0.462 e. The van der Waals surface area contributed by atoms with Crippen molar-refractivity contribution in [3.05, 3.63) is 34.9 Å². The number of imide groups is 1. The highest BCUT2D eigenvalue weighted by atomic mass is 19.3. The van der Waals surface area contributed by atoms with E-state index >= 15 is 0 Å². The lowest BCUT2D eigenvalue weighted by atomic mass is 10.0. The van der Waals surface area contributed by atoms with Crippen molar-refractivity contribution in [1.29, 1.82) is 0 Å². The number of fused-ring (bicyclic) bond motifs is 1. The SMILES string of the molecule is CCOC(=O)C(F)(F)CCC(=O)NCc1ccc2c(c1)CN(C1CCC(=O)NC1=O)C2=O. The van der Waals surface area contributed by atoms with Crippen LogP contribution >= 0.6 is 0 Å². The molecule has 1 fully saturated rings. The third-order valence-electron chi connectivity index (χ3n) is 5.32. The second-order valence-corrected chi connectivity index (χ2v) is 7.59. The highest BCUT2D eigenvalue weighted by molar-refractivity contribution is 6.05. The molecule has 0 saturated carbocycles. The van der Waals surface area contributed by atoms with Crippen LogP contribution < -0.4 is 10.6 Å². The summed E-state index contributed by atoms with van der Waals surface area (Å²) < 4.78 is 31.5. The molecule has 4 amide bonds. The van der Waals surface area contributed by atoms with Gasteiger partial charge in [-0.2, -0.15) is 8.78 Å². The normalized spacial score (nSPS) is 18.3. The average Bonchev–Trinajstić information content (AvgIpc) is 3.06. The summed E-state index contributed by atoms with van der Waals surface area (Å²) in [5.41, 5.74) is 1.74. The van der Waals surface area contributed by atoms with Crippen LogP contribution in [0.3, 0.4) is 0 Å². The minimum atomic E-state index is -3.74. The Kier molecular flexibility index (Phi) is 6.85. The van der Waals surface area contributed by atoms with E-state index in [-0.39, 0.29) is 44.4 Å². The van der Waals surface area contributed by atoms with Crippen LogP contribution in [0.15, 0.2) is 18.2 Å². The Bertz CT molecular complexity index is 965. The number of rotatable bonds is 8. The number of nitrogens with zero attached hydrogens (tertiary/aromatic N) is 1. The van der Waals surface area contributed by atoms with Gasteiger partial charge in [-0.1, -0.05) is 12.1 Å². The Balaban J connectivity index is 1.55. The molecule has 1 saturated heterocycles. The van der Waals surface area contributed by atoms with Crippen LogP contribution in [-0.2, 0) is 37.0 Å². The molecule has 9 nitrogen and oxygen atoms in total. The van der Waals surface area contributed by atoms with Gasteiger partial charge in [0.2, 0.25) is 17.7 Å². The molecule has 2 aliphatic heterocycles. The standard InChI is InChI=1S/C21H23F2N3O6/c1-2-32-20(31)21(22,23)8-7-16(27)24-10-12-3-4-14-13(9-12)11-26(19(14)30)15-5-6-17(28)25-18(15)29/h3-4,9,15H,2,5-8,10-11H2,1H3,(H,24,27)(H,25,28,29). The van der Waals surface area contributed by atoms with E-state index < -0.39 is 42.6 Å². The molecule has 2 heterocycles. The van der Waals surface area contributed by atoms with Gasteiger partial charge in [0.1, 0.15) is 6.04 Å². The number of esters is 1. The second kappa shape index (κ2) is 9.41. The lowest BCUT2D eigenvalue weighted by Crippen LogP contribution is -2.52. The lowest BCUT2D eigenvalue weighted by Gasteiger charge is -2.29. The first-order valence-electron chi connectivity index (χ1n) is 10.2. The highest BCUT2D eigenvalue weighted by Gasteiger charge is 2.41. The molecule has 0 aliphatic carbocycles. The summed E-state index contributed by atoms with van der Waals surface area (Å²) in [4.78, 5) is 60.6. The van der Waals surface area contributed by atoms with Crippen LogP contribution in [0, 0.1) is 0 Å². The van der Waals surface area contributed by atoms with E-state index in [1.54, 1.807) is 18.2 Å². The lowest BCUT2D eigenvalue weighted by molar-refractivity contribution is -0.172. The van der Waals surface area contributed by atoms with Gasteiger partial charge in [0.15, 0.2) is 0 Å². The maximum Gasteiger partial charge on any atom is 0.376 e. The molecule has 0 aromatic heterocycles. The molecule has 32 heavy (non-hydrogen) atoms. The number of carbonyl (C=O) groups excluding carboxylic acids is 5. The van der Waals surface area contributed by atoms with Crippen molar-refractivity contribution < 1.29 is 37.5 Å². The maximum absolute atomic E-state index is 13.6. The van der Waals surface area contributed by atoms with E-state index in [1.165, 1.54) is 11.8 Å². The zero-order valence-electron chi connectivity index (χ0n) is 17.4. The summed E-state index contributed by atoms with van der Waals surface area (Å²) in [6.45, 7) is 1.47. The summed E-state index contributed by atoms with van der Waals surface area (Å²) in [6.07, 6.45) is -1.11. The summed E-state index contributed by atoms with van der Waals surface area (Å²) in [7, 11) is 0. The van der Waals surface area contributed by atoms with E-state index in [0.29, 0.717) is 16.7 Å². The van der Waals surface area contributed by atoms with Gasteiger partial charge in [0, 0.05) is 37.9 Å². The molecule has 2 N–H and O–H groups in total. The van der Waals surface area contributed by atoms with Crippen molar-refractivity contribution in [3.63, 3.8) is 0 Å². The molecular weight excluding hydrogens is 428 g/mol. The average molecular weight is 451 g/mol. The van der Waals surface area contributed by atoms with Crippen LogP contribution in [0.1, 0.15) is 54.1 Å². The van der Waals surface area contributed by atoms with Gasteiger partial charge in [-0.15, -0.1) is 0 Å². The topological polar surface area (TPSA) is 122 Å². The Morgan fingerprint density at radius 1 is 1.28 bits per heavy atom.